The number of rotatable bonds is 4. The van der Waals surface area contributed by atoms with Crippen LogP contribution in [0.15, 0.2) is 104 Å². The van der Waals surface area contributed by atoms with Gasteiger partial charge in [-0.2, -0.15) is 0 Å². The van der Waals surface area contributed by atoms with Gasteiger partial charge >= 0.3 is 45.7 Å². The molecule has 0 N–H and O–H groups in total. The quantitative estimate of drug-likeness (QED) is 0.0958. The van der Waals surface area contributed by atoms with Crippen LogP contribution in [0.4, 0.5) is 0 Å². The Kier molecular flexibility index (Phi) is 6.55. The standard InChI is InChI=1S/C38H34I2N2/c1-7-24(25-12-8-9-13-26(25)32-22-23(37(2,3)4)19-21-41(32)39)28-17-18-31-35-33-27(14-10-16-30(33)38(31,5)6)29-15-11-20-42(40)36(29)34(28)35/h7-22,24H,1H2,2-6H3/q+2. The van der Waals surface area contributed by atoms with Gasteiger partial charge in [-0.25, -0.2) is 0 Å². The monoisotopic (exact) mass is 772 g/mol. The summed E-state index contributed by atoms with van der Waals surface area (Å²) in [5, 5.41) is 6.78. The molecule has 0 saturated heterocycles. The minimum atomic E-state index is -0.0617. The fraction of sp³-hybridized carbons (Fsp3) is 0.211. The summed E-state index contributed by atoms with van der Waals surface area (Å²) in [5.41, 5.74) is 10.5. The Bertz CT molecular complexity index is 2100. The SMILES string of the molecule is C=CC(c1ccccc1-c1cc(C(C)(C)C)cc[n+]1I)c1ccc2c3c4c(cccc4c4ccc[n+](I)c4c13)C2(C)C. The zero-order chi connectivity index (χ0) is 29.6. The summed E-state index contributed by atoms with van der Waals surface area (Å²) in [4.78, 5) is 0. The zero-order valence-corrected chi connectivity index (χ0v) is 29.0. The van der Waals surface area contributed by atoms with E-state index in [0.29, 0.717) is 0 Å². The number of halogens is 2. The summed E-state index contributed by atoms with van der Waals surface area (Å²) in [6.07, 6.45) is 6.50. The van der Waals surface area contributed by atoms with Crippen molar-refractivity contribution in [3.05, 3.63) is 132 Å². The third-order valence-electron chi connectivity index (χ3n) is 9.29. The highest BCUT2D eigenvalue weighted by Gasteiger charge is 2.38. The van der Waals surface area contributed by atoms with Crippen LogP contribution in [0.3, 0.4) is 0 Å². The van der Waals surface area contributed by atoms with Crippen LogP contribution < -0.4 is 5.56 Å². The number of hydrogen-bond acceptors (Lipinski definition) is 0. The Labute approximate surface area is 276 Å². The van der Waals surface area contributed by atoms with E-state index in [0.717, 1.165) is 0 Å². The Morgan fingerprint density at radius 1 is 0.738 bits per heavy atom. The van der Waals surface area contributed by atoms with Crippen molar-refractivity contribution in [2.75, 3.05) is 0 Å². The summed E-state index contributed by atoms with van der Waals surface area (Å²) < 4.78 is 4.50. The molecule has 0 saturated carbocycles. The lowest BCUT2D eigenvalue weighted by Crippen LogP contribution is -2.25. The second kappa shape index (κ2) is 9.84. The van der Waals surface area contributed by atoms with Gasteiger partial charge in [-0.3, -0.25) is 0 Å². The largest absolute Gasteiger partial charge is 0.354 e. The Morgan fingerprint density at radius 2 is 1.48 bits per heavy atom. The molecule has 0 radical (unpaired) electrons. The average Bonchev–Trinajstić information content (AvgIpc) is 3.20. The van der Waals surface area contributed by atoms with Gasteiger partial charge in [0.2, 0.25) is 11.2 Å². The normalized spacial score (nSPS) is 14.7. The summed E-state index contributed by atoms with van der Waals surface area (Å²) in [5.74, 6) is 0.0121. The lowest BCUT2D eigenvalue weighted by Gasteiger charge is -2.23. The van der Waals surface area contributed by atoms with Crippen LogP contribution in [0.5, 0.6) is 0 Å². The number of nitrogens with zero attached hydrogens (tertiary/aromatic N) is 2. The molecule has 0 bridgehead atoms. The molecule has 2 heterocycles. The van der Waals surface area contributed by atoms with Crippen molar-refractivity contribution >= 4 is 78.2 Å². The average molecular weight is 773 g/mol. The molecule has 4 aromatic carbocycles. The fourth-order valence-corrected chi connectivity index (χ4v) is 8.38. The molecule has 1 unspecified atom stereocenters. The predicted molar refractivity (Wildman–Crippen MR) is 193 cm³/mol. The van der Waals surface area contributed by atoms with Crippen molar-refractivity contribution in [1.82, 2.24) is 0 Å². The minimum absolute atomic E-state index is 0.0121. The number of hydrogen-bond donors (Lipinski definition) is 0. The summed E-state index contributed by atoms with van der Waals surface area (Å²) >= 11 is 4.88. The molecule has 7 rings (SSSR count). The molecule has 4 heteroatoms. The van der Waals surface area contributed by atoms with E-state index in [2.05, 4.69) is 190 Å². The van der Waals surface area contributed by atoms with Crippen LogP contribution in [0.1, 0.15) is 68.4 Å². The second-order valence-corrected chi connectivity index (χ2v) is 15.1. The van der Waals surface area contributed by atoms with Crippen molar-refractivity contribution < 1.29 is 5.56 Å². The van der Waals surface area contributed by atoms with Gasteiger partial charge in [0.25, 0.3) is 0 Å². The maximum Gasteiger partial charge on any atom is 0.354 e. The molecule has 0 spiro atoms. The Hall–Kier alpha value is -2.84. The lowest BCUT2D eigenvalue weighted by atomic mass is 9.79. The molecule has 2 nitrogen and oxygen atoms in total. The van der Waals surface area contributed by atoms with E-state index in [1.54, 1.807) is 0 Å². The van der Waals surface area contributed by atoms with Gasteiger partial charge in [0.15, 0.2) is 12.4 Å². The van der Waals surface area contributed by atoms with E-state index in [4.69, 9.17) is 0 Å². The van der Waals surface area contributed by atoms with Crippen LogP contribution in [-0.2, 0) is 10.8 Å². The van der Waals surface area contributed by atoms with E-state index in [-0.39, 0.29) is 16.7 Å². The van der Waals surface area contributed by atoms with Gasteiger partial charge in [-0.15, -0.1) is 12.1 Å². The highest BCUT2D eigenvalue weighted by molar-refractivity contribution is 14.1. The second-order valence-electron chi connectivity index (χ2n) is 13.0. The van der Waals surface area contributed by atoms with Gasteiger partial charge < -0.3 is 0 Å². The van der Waals surface area contributed by atoms with Crippen LogP contribution in [0, 0.1) is 0 Å². The van der Waals surface area contributed by atoms with Gasteiger partial charge in [0, 0.05) is 34.9 Å². The van der Waals surface area contributed by atoms with Crippen LogP contribution >= 0.6 is 45.7 Å². The van der Waals surface area contributed by atoms with E-state index in [1.165, 1.54) is 71.5 Å². The topological polar surface area (TPSA) is 7.76 Å². The van der Waals surface area contributed by atoms with Crippen molar-refractivity contribution in [2.24, 2.45) is 0 Å². The molecule has 2 aromatic heterocycles. The van der Waals surface area contributed by atoms with E-state index in [9.17, 15) is 0 Å². The maximum absolute atomic E-state index is 4.45. The first-order chi connectivity index (χ1) is 20.0. The van der Waals surface area contributed by atoms with E-state index >= 15 is 0 Å². The van der Waals surface area contributed by atoms with Gasteiger partial charge in [-0.1, -0.05) is 89.2 Å². The first-order valence-electron chi connectivity index (χ1n) is 14.5. The smallest absolute Gasteiger partial charge is 0.136 e. The fourth-order valence-electron chi connectivity index (χ4n) is 7.13. The Morgan fingerprint density at radius 3 is 2.24 bits per heavy atom. The molecule has 0 amide bonds. The molecule has 1 atom stereocenters. The molecule has 1 aliphatic carbocycles. The number of aromatic nitrogens is 2. The maximum atomic E-state index is 4.45. The van der Waals surface area contributed by atoms with Crippen LogP contribution in [0.25, 0.3) is 43.7 Å². The van der Waals surface area contributed by atoms with Crippen LogP contribution in [-0.4, -0.2) is 0 Å². The molecule has 1 aliphatic rings. The molecule has 0 fully saturated rings. The Balaban J connectivity index is 1.59. The van der Waals surface area contributed by atoms with Crippen molar-refractivity contribution in [2.45, 2.75) is 51.4 Å². The highest BCUT2D eigenvalue weighted by Crippen LogP contribution is 2.53. The first kappa shape index (κ1) is 28.0. The third-order valence-corrected chi connectivity index (χ3v) is 10.9. The van der Waals surface area contributed by atoms with E-state index in [1.807, 2.05) is 0 Å². The summed E-state index contributed by atoms with van der Waals surface area (Å²) in [6, 6.07) is 29.6. The number of benzene rings is 4. The zero-order valence-electron chi connectivity index (χ0n) is 24.7. The number of allylic oxidation sites excluding steroid dienone is 1. The van der Waals surface area contributed by atoms with Gasteiger partial charge in [0.05, 0.1) is 16.3 Å². The van der Waals surface area contributed by atoms with Gasteiger partial charge in [0.1, 0.15) is 0 Å². The molecular weight excluding hydrogens is 738 g/mol. The number of pyridine rings is 2. The molecule has 0 aliphatic heterocycles. The van der Waals surface area contributed by atoms with Crippen molar-refractivity contribution in [3.8, 4) is 11.3 Å². The summed E-state index contributed by atoms with van der Waals surface area (Å²) in [6.45, 7) is 16.0. The summed E-state index contributed by atoms with van der Waals surface area (Å²) in [7, 11) is 0. The van der Waals surface area contributed by atoms with Crippen molar-refractivity contribution in [1.29, 1.82) is 0 Å². The lowest BCUT2D eigenvalue weighted by molar-refractivity contribution is -0.427. The van der Waals surface area contributed by atoms with Crippen molar-refractivity contribution in [3.63, 3.8) is 0 Å². The molecule has 42 heavy (non-hydrogen) atoms. The third kappa shape index (κ3) is 4.00. The number of fused-ring (bicyclic) bond motifs is 3. The van der Waals surface area contributed by atoms with Crippen LogP contribution in [0.2, 0.25) is 0 Å². The minimum Gasteiger partial charge on any atom is -0.136 e. The molecular formula is C38H34I2N2+2. The van der Waals surface area contributed by atoms with E-state index < -0.39 is 0 Å². The first-order valence-corrected chi connectivity index (χ1v) is 16.4. The predicted octanol–water partition coefficient (Wildman–Crippen LogP) is 10.0. The molecule has 6 aromatic rings. The molecule has 208 valence electrons. The highest BCUT2D eigenvalue weighted by atomic mass is 127. The van der Waals surface area contributed by atoms with Gasteiger partial charge in [-0.05, 0) is 56.1 Å².